The van der Waals surface area contributed by atoms with E-state index < -0.39 is 0 Å². The number of hydrogen-bond acceptors (Lipinski definition) is 2. The van der Waals surface area contributed by atoms with E-state index in [1.807, 2.05) is 31.2 Å². The molecule has 0 saturated heterocycles. The van der Waals surface area contributed by atoms with Gasteiger partial charge in [-0.2, -0.15) is 0 Å². The molecular weight excluding hydrogens is 257 g/mol. The highest BCUT2D eigenvalue weighted by molar-refractivity contribution is 6.32. The molecule has 0 amide bonds. The van der Waals surface area contributed by atoms with Gasteiger partial charge in [-0.1, -0.05) is 23.7 Å². The van der Waals surface area contributed by atoms with E-state index in [1.54, 1.807) is 12.3 Å². The van der Waals surface area contributed by atoms with Crippen LogP contribution in [0.4, 0.5) is 0 Å². The monoisotopic (exact) mass is 267 g/mol. The molecule has 88 valence electrons. The molecule has 1 heterocycles. The minimum atomic E-state index is 0.354. The average molecular weight is 268 g/mol. The molecule has 0 atom stereocenters. The highest BCUT2D eigenvalue weighted by Crippen LogP contribution is 2.31. The molecule has 0 fully saturated rings. The number of halogens is 2. The lowest BCUT2D eigenvalue weighted by Gasteiger charge is -2.09. The molecular formula is C13H11Cl2NO. The Balaban J connectivity index is 2.34. The second-order valence-electron chi connectivity index (χ2n) is 3.64. The number of aromatic nitrogens is 1. The van der Waals surface area contributed by atoms with Crippen LogP contribution in [0.15, 0.2) is 36.5 Å². The highest BCUT2D eigenvalue weighted by atomic mass is 35.5. The van der Waals surface area contributed by atoms with E-state index in [2.05, 4.69) is 4.98 Å². The molecule has 1 aromatic heterocycles. The topological polar surface area (TPSA) is 22.1 Å². The lowest BCUT2D eigenvalue weighted by Crippen LogP contribution is -1.93. The van der Waals surface area contributed by atoms with Crippen molar-refractivity contribution in [2.45, 2.75) is 12.8 Å². The zero-order valence-electron chi connectivity index (χ0n) is 9.28. The Hall–Kier alpha value is -1.25. The van der Waals surface area contributed by atoms with E-state index >= 15 is 0 Å². The smallest absolute Gasteiger partial charge is 0.223 e. The van der Waals surface area contributed by atoms with Crippen LogP contribution in [-0.2, 0) is 5.88 Å². The summed E-state index contributed by atoms with van der Waals surface area (Å²) in [5, 5.41) is 0.557. The molecule has 2 rings (SSSR count). The summed E-state index contributed by atoms with van der Waals surface area (Å²) in [5.41, 5.74) is 1.92. The van der Waals surface area contributed by atoms with Crippen molar-refractivity contribution in [2.24, 2.45) is 0 Å². The third-order valence-corrected chi connectivity index (χ3v) is 2.89. The molecule has 0 unspecified atom stereocenters. The molecule has 0 spiro atoms. The maximum Gasteiger partial charge on any atom is 0.223 e. The third kappa shape index (κ3) is 2.90. The van der Waals surface area contributed by atoms with Crippen LogP contribution < -0.4 is 4.74 Å². The minimum Gasteiger partial charge on any atom is -0.437 e. The van der Waals surface area contributed by atoms with Gasteiger partial charge in [-0.25, -0.2) is 4.98 Å². The fraction of sp³-hybridized carbons (Fsp3) is 0.154. The van der Waals surface area contributed by atoms with Gasteiger partial charge in [0.15, 0.2) is 0 Å². The van der Waals surface area contributed by atoms with Crippen molar-refractivity contribution in [3.8, 4) is 11.6 Å². The van der Waals surface area contributed by atoms with Crippen LogP contribution in [-0.4, -0.2) is 4.98 Å². The minimum absolute atomic E-state index is 0.354. The Labute approximate surface area is 110 Å². The molecule has 0 radical (unpaired) electrons. The van der Waals surface area contributed by atoms with Crippen LogP contribution in [0.1, 0.15) is 11.1 Å². The van der Waals surface area contributed by atoms with Gasteiger partial charge >= 0.3 is 0 Å². The van der Waals surface area contributed by atoms with Crippen LogP contribution >= 0.6 is 23.2 Å². The molecule has 0 saturated carbocycles. The second-order valence-corrected chi connectivity index (χ2v) is 4.31. The molecule has 17 heavy (non-hydrogen) atoms. The Kier molecular flexibility index (Phi) is 3.87. The molecule has 0 bridgehead atoms. The van der Waals surface area contributed by atoms with E-state index in [-0.39, 0.29) is 0 Å². The van der Waals surface area contributed by atoms with Crippen LogP contribution in [0, 0.1) is 6.92 Å². The summed E-state index contributed by atoms with van der Waals surface area (Å²) < 4.78 is 5.68. The van der Waals surface area contributed by atoms with Crippen molar-refractivity contribution in [1.29, 1.82) is 0 Å². The summed E-state index contributed by atoms with van der Waals surface area (Å²) in [7, 11) is 0. The molecule has 1 aromatic carbocycles. The molecule has 0 aliphatic carbocycles. The zero-order chi connectivity index (χ0) is 12.3. The lowest BCUT2D eigenvalue weighted by molar-refractivity contribution is 0.458. The first kappa shape index (κ1) is 12.2. The Bertz CT molecular complexity index is 529. The normalized spacial score (nSPS) is 10.3. The number of benzene rings is 1. The Morgan fingerprint density at radius 1 is 1.29 bits per heavy atom. The van der Waals surface area contributed by atoms with E-state index in [0.717, 1.165) is 11.1 Å². The maximum atomic E-state index is 6.06. The van der Waals surface area contributed by atoms with Crippen LogP contribution in [0.25, 0.3) is 0 Å². The lowest BCUT2D eigenvalue weighted by atomic mass is 10.2. The average Bonchev–Trinajstić information content (AvgIpc) is 2.34. The number of alkyl halides is 1. The van der Waals surface area contributed by atoms with Crippen LogP contribution in [0.3, 0.4) is 0 Å². The van der Waals surface area contributed by atoms with E-state index in [1.165, 1.54) is 0 Å². The summed E-state index contributed by atoms with van der Waals surface area (Å²) in [4.78, 5) is 4.15. The van der Waals surface area contributed by atoms with Crippen LogP contribution in [0.2, 0.25) is 5.02 Å². The first-order valence-electron chi connectivity index (χ1n) is 5.14. The standard InChI is InChI=1S/C13H11Cl2NO/c1-9-4-5-11(15)12(7-9)17-13-10(8-14)3-2-6-16-13/h2-7H,8H2,1H3. The summed E-state index contributed by atoms with van der Waals surface area (Å²) in [6.07, 6.45) is 1.66. The highest BCUT2D eigenvalue weighted by Gasteiger charge is 2.08. The quantitative estimate of drug-likeness (QED) is 0.760. The molecule has 0 aliphatic rings. The van der Waals surface area contributed by atoms with Gasteiger partial charge in [0.05, 0.1) is 10.9 Å². The molecule has 2 aromatic rings. The first-order chi connectivity index (χ1) is 8.20. The van der Waals surface area contributed by atoms with Gasteiger partial charge in [0.25, 0.3) is 0 Å². The van der Waals surface area contributed by atoms with Gasteiger partial charge in [0.1, 0.15) is 5.75 Å². The maximum absolute atomic E-state index is 6.06. The fourth-order valence-electron chi connectivity index (χ4n) is 1.41. The van der Waals surface area contributed by atoms with Crippen molar-refractivity contribution in [2.75, 3.05) is 0 Å². The number of pyridine rings is 1. The second kappa shape index (κ2) is 5.39. The van der Waals surface area contributed by atoms with Crippen molar-refractivity contribution in [3.05, 3.63) is 52.7 Å². The number of hydrogen-bond donors (Lipinski definition) is 0. The molecule has 2 nitrogen and oxygen atoms in total. The SMILES string of the molecule is Cc1ccc(Cl)c(Oc2ncccc2CCl)c1. The van der Waals surface area contributed by atoms with Gasteiger partial charge in [-0.15, -0.1) is 11.6 Å². The number of rotatable bonds is 3. The predicted molar refractivity (Wildman–Crippen MR) is 70.1 cm³/mol. The van der Waals surface area contributed by atoms with E-state index in [0.29, 0.717) is 22.5 Å². The van der Waals surface area contributed by atoms with Crippen molar-refractivity contribution in [3.63, 3.8) is 0 Å². The summed E-state index contributed by atoms with van der Waals surface area (Å²) >= 11 is 11.9. The Morgan fingerprint density at radius 2 is 2.12 bits per heavy atom. The molecule has 0 aliphatic heterocycles. The largest absolute Gasteiger partial charge is 0.437 e. The van der Waals surface area contributed by atoms with Crippen molar-refractivity contribution < 1.29 is 4.74 Å². The number of aryl methyl sites for hydroxylation is 1. The number of nitrogens with zero attached hydrogens (tertiary/aromatic N) is 1. The fourth-order valence-corrected chi connectivity index (χ4v) is 1.77. The van der Waals surface area contributed by atoms with Gasteiger partial charge in [0, 0.05) is 11.8 Å². The van der Waals surface area contributed by atoms with Crippen LogP contribution in [0.5, 0.6) is 11.6 Å². The van der Waals surface area contributed by atoms with Crippen molar-refractivity contribution in [1.82, 2.24) is 4.98 Å². The zero-order valence-corrected chi connectivity index (χ0v) is 10.8. The molecule has 4 heteroatoms. The van der Waals surface area contributed by atoms with E-state index in [4.69, 9.17) is 27.9 Å². The first-order valence-corrected chi connectivity index (χ1v) is 6.06. The van der Waals surface area contributed by atoms with Crippen molar-refractivity contribution >= 4 is 23.2 Å². The third-order valence-electron chi connectivity index (χ3n) is 2.29. The van der Waals surface area contributed by atoms with Gasteiger partial charge < -0.3 is 4.74 Å². The van der Waals surface area contributed by atoms with Gasteiger partial charge in [-0.05, 0) is 30.7 Å². The summed E-state index contributed by atoms with van der Waals surface area (Å²) in [6, 6.07) is 9.29. The number of ether oxygens (including phenoxy) is 1. The summed E-state index contributed by atoms with van der Waals surface area (Å²) in [5.74, 6) is 1.44. The Morgan fingerprint density at radius 3 is 2.88 bits per heavy atom. The van der Waals surface area contributed by atoms with Gasteiger partial charge in [-0.3, -0.25) is 0 Å². The summed E-state index contributed by atoms with van der Waals surface area (Å²) in [6.45, 7) is 1.98. The predicted octanol–water partition coefficient (Wildman–Crippen LogP) is 4.57. The van der Waals surface area contributed by atoms with Gasteiger partial charge in [0.2, 0.25) is 5.88 Å². The molecule has 0 N–H and O–H groups in total. The van der Waals surface area contributed by atoms with E-state index in [9.17, 15) is 0 Å².